The minimum atomic E-state index is 0.107. The van der Waals surface area contributed by atoms with E-state index in [1.807, 2.05) is 32.0 Å². The summed E-state index contributed by atoms with van der Waals surface area (Å²) in [5.74, 6) is 2.01. The molecular weight excluding hydrogens is 264 g/mol. The van der Waals surface area contributed by atoms with Crippen LogP contribution in [-0.2, 0) is 17.2 Å². The molecule has 0 N–H and O–H groups in total. The van der Waals surface area contributed by atoms with Gasteiger partial charge in [-0.2, -0.15) is 0 Å². The van der Waals surface area contributed by atoms with Gasteiger partial charge in [-0.05, 0) is 26.0 Å². The van der Waals surface area contributed by atoms with Crippen molar-refractivity contribution >= 4 is 22.6 Å². The Bertz CT molecular complexity index is 554. The Hall–Kier alpha value is -1.26. The molecule has 0 saturated carbocycles. The minimum Gasteiger partial charge on any atom is -0.492 e. The zero-order valence-corrected chi connectivity index (χ0v) is 12.3. The van der Waals surface area contributed by atoms with Gasteiger partial charge in [0, 0.05) is 7.11 Å². The Morgan fingerprint density at radius 2 is 2.21 bits per heavy atom. The highest BCUT2D eigenvalue weighted by Crippen LogP contribution is 2.27. The molecule has 0 saturated heterocycles. The molecule has 1 heterocycles. The average molecular weight is 283 g/mol. The van der Waals surface area contributed by atoms with Gasteiger partial charge in [0.1, 0.15) is 17.1 Å². The molecule has 1 aromatic carbocycles. The SMILES string of the molecule is CCOc1cccc2c1nc(CCl)n2CC(C)OC. The van der Waals surface area contributed by atoms with E-state index in [0.717, 1.165) is 29.2 Å². The highest BCUT2D eigenvalue weighted by Gasteiger charge is 2.15. The summed E-state index contributed by atoms with van der Waals surface area (Å²) in [6.07, 6.45) is 0.107. The van der Waals surface area contributed by atoms with Gasteiger partial charge in [0.15, 0.2) is 0 Å². The first kappa shape index (κ1) is 14.2. The summed E-state index contributed by atoms with van der Waals surface area (Å²) < 4.78 is 13.0. The molecule has 1 unspecified atom stereocenters. The van der Waals surface area contributed by atoms with E-state index in [9.17, 15) is 0 Å². The first-order valence-electron chi connectivity index (χ1n) is 6.40. The number of ether oxygens (including phenoxy) is 2. The third-order valence-corrected chi connectivity index (χ3v) is 3.32. The Balaban J connectivity index is 2.52. The van der Waals surface area contributed by atoms with Gasteiger partial charge in [-0.15, -0.1) is 11.6 Å². The fraction of sp³-hybridized carbons (Fsp3) is 0.500. The lowest BCUT2D eigenvalue weighted by Crippen LogP contribution is -2.16. The van der Waals surface area contributed by atoms with Crippen LogP contribution in [-0.4, -0.2) is 29.4 Å². The van der Waals surface area contributed by atoms with E-state index in [1.54, 1.807) is 7.11 Å². The maximum absolute atomic E-state index is 5.99. The van der Waals surface area contributed by atoms with E-state index in [2.05, 4.69) is 9.55 Å². The van der Waals surface area contributed by atoms with Crippen LogP contribution in [0.1, 0.15) is 19.7 Å². The summed E-state index contributed by atoms with van der Waals surface area (Å²) in [4.78, 5) is 4.59. The molecule has 0 aliphatic heterocycles. The van der Waals surface area contributed by atoms with Gasteiger partial charge in [0.05, 0.1) is 30.7 Å². The smallest absolute Gasteiger partial charge is 0.147 e. The number of fused-ring (bicyclic) bond motifs is 1. The number of hydrogen-bond acceptors (Lipinski definition) is 3. The summed E-state index contributed by atoms with van der Waals surface area (Å²) >= 11 is 5.99. The topological polar surface area (TPSA) is 36.3 Å². The second-order valence-electron chi connectivity index (χ2n) is 4.38. The molecule has 0 fully saturated rings. The Kier molecular flexibility index (Phi) is 4.66. The second-order valence-corrected chi connectivity index (χ2v) is 4.64. The van der Waals surface area contributed by atoms with Crippen molar-refractivity contribution in [2.45, 2.75) is 32.4 Å². The van der Waals surface area contributed by atoms with Crippen LogP contribution in [0.3, 0.4) is 0 Å². The van der Waals surface area contributed by atoms with Gasteiger partial charge in [-0.3, -0.25) is 0 Å². The number of methoxy groups -OCH3 is 1. The molecule has 0 spiro atoms. The monoisotopic (exact) mass is 282 g/mol. The van der Waals surface area contributed by atoms with Crippen molar-refractivity contribution in [3.05, 3.63) is 24.0 Å². The molecule has 19 heavy (non-hydrogen) atoms. The third kappa shape index (κ3) is 2.85. The number of imidazole rings is 1. The fourth-order valence-electron chi connectivity index (χ4n) is 2.08. The third-order valence-electron chi connectivity index (χ3n) is 3.08. The second kappa shape index (κ2) is 6.26. The molecule has 1 aromatic heterocycles. The van der Waals surface area contributed by atoms with Crippen LogP contribution in [0.4, 0.5) is 0 Å². The van der Waals surface area contributed by atoms with Crippen LogP contribution in [0.25, 0.3) is 11.0 Å². The summed E-state index contributed by atoms with van der Waals surface area (Å²) in [7, 11) is 1.70. The molecule has 0 aliphatic rings. The minimum absolute atomic E-state index is 0.107. The highest BCUT2D eigenvalue weighted by atomic mass is 35.5. The molecule has 104 valence electrons. The van der Waals surface area contributed by atoms with E-state index in [0.29, 0.717) is 12.5 Å². The molecular formula is C14H19ClN2O2. The van der Waals surface area contributed by atoms with Crippen LogP contribution in [0.15, 0.2) is 18.2 Å². The summed E-state index contributed by atoms with van der Waals surface area (Å²) in [6.45, 7) is 5.34. The quantitative estimate of drug-likeness (QED) is 0.764. The number of aromatic nitrogens is 2. The standard InChI is InChI=1S/C14H19ClN2O2/c1-4-19-12-7-5-6-11-14(12)16-13(8-15)17(11)9-10(2)18-3/h5-7,10H,4,8-9H2,1-3H3. The van der Waals surface area contributed by atoms with Gasteiger partial charge in [-0.1, -0.05) is 6.07 Å². The Labute approximate surface area is 118 Å². The maximum Gasteiger partial charge on any atom is 0.147 e. The maximum atomic E-state index is 5.99. The fourth-order valence-corrected chi connectivity index (χ4v) is 2.28. The van der Waals surface area contributed by atoms with E-state index in [1.165, 1.54) is 0 Å². The number of halogens is 1. The van der Waals surface area contributed by atoms with Crippen molar-refractivity contribution < 1.29 is 9.47 Å². The summed E-state index contributed by atoms with van der Waals surface area (Å²) in [5, 5.41) is 0. The molecule has 2 aromatic rings. The predicted octanol–water partition coefficient (Wildman–Crippen LogP) is 3.21. The largest absolute Gasteiger partial charge is 0.492 e. The van der Waals surface area contributed by atoms with Gasteiger partial charge < -0.3 is 14.0 Å². The van der Waals surface area contributed by atoms with Crippen molar-refractivity contribution in [2.24, 2.45) is 0 Å². The molecule has 4 nitrogen and oxygen atoms in total. The van der Waals surface area contributed by atoms with Crippen LogP contribution in [0, 0.1) is 0 Å². The first-order valence-corrected chi connectivity index (χ1v) is 6.94. The Morgan fingerprint density at radius 1 is 1.42 bits per heavy atom. The molecule has 0 bridgehead atoms. The van der Waals surface area contributed by atoms with Crippen LogP contribution in [0.2, 0.25) is 0 Å². The van der Waals surface area contributed by atoms with Crippen molar-refractivity contribution in [3.63, 3.8) is 0 Å². The number of para-hydroxylation sites is 1. The molecule has 0 amide bonds. The molecule has 1 atom stereocenters. The number of hydrogen-bond donors (Lipinski definition) is 0. The lowest BCUT2D eigenvalue weighted by Gasteiger charge is -2.13. The number of nitrogens with zero attached hydrogens (tertiary/aromatic N) is 2. The number of rotatable bonds is 6. The number of benzene rings is 1. The van der Waals surface area contributed by atoms with Crippen LogP contribution >= 0.6 is 11.6 Å². The lowest BCUT2D eigenvalue weighted by atomic mass is 10.3. The van der Waals surface area contributed by atoms with Gasteiger partial charge in [0.2, 0.25) is 0 Å². The van der Waals surface area contributed by atoms with E-state index in [4.69, 9.17) is 21.1 Å². The molecule has 0 radical (unpaired) electrons. The Morgan fingerprint density at radius 3 is 2.84 bits per heavy atom. The predicted molar refractivity (Wildman–Crippen MR) is 76.9 cm³/mol. The highest BCUT2D eigenvalue weighted by molar-refractivity contribution is 6.16. The summed E-state index contributed by atoms with van der Waals surface area (Å²) in [5.41, 5.74) is 1.90. The van der Waals surface area contributed by atoms with E-state index >= 15 is 0 Å². The normalized spacial score (nSPS) is 12.8. The van der Waals surface area contributed by atoms with E-state index < -0.39 is 0 Å². The van der Waals surface area contributed by atoms with E-state index in [-0.39, 0.29) is 6.10 Å². The van der Waals surface area contributed by atoms with Gasteiger partial charge in [-0.25, -0.2) is 4.98 Å². The molecule has 0 aliphatic carbocycles. The first-order chi connectivity index (χ1) is 9.21. The number of alkyl halides is 1. The lowest BCUT2D eigenvalue weighted by molar-refractivity contribution is 0.103. The van der Waals surface area contributed by atoms with Crippen molar-refractivity contribution in [2.75, 3.05) is 13.7 Å². The summed E-state index contributed by atoms with van der Waals surface area (Å²) in [6, 6.07) is 5.94. The van der Waals surface area contributed by atoms with Gasteiger partial charge >= 0.3 is 0 Å². The van der Waals surface area contributed by atoms with Gasteiger partial charge in [0.25, 0.3) is 0 Å². The van der Waals surface area contributed by atoms with Crippen molar-refractivity contribution in [1.29, 1.82) is 0 Å². The van der Waals surface area contributed by atoms with Crippen molar-refractivity contribution in [1.82, 2.24) is 9.55 Å². The molecule has 2 rings (SSSR count). The van der Waals surface area contributed by atoms with Crippen LogP contribution < -0.4 is 4.74 Å². The average Bonchev–Trinajstić information content (AvgIpc) is 2.78. The molecule has 5 heteroatoms. The zero-order chi connectivity index (χ0) is 13.8. The van der Waals surface area contributed by atoms with Crippen LogP contribution in [0.5, 0.6) is 5.75 Å². The zero-order valence-electron chi connectivity index (χ0n) is 11.5. The van der Waals surface area contributed by atoms with Crippen molar-refractivity contribution in [3.8, 4) is 5.75 Å².